The van der Waals surface area contributed by atoms with Crippen LogP contribution in [0.5, 0.6) is 0 Å². The van der Waals surface area contributed by atoms with Gasteiger partial charge < -0.3 is 14.9 Å². The molecule has 0 saturated carbocycles. The van der Waals surface area contributed by atoms with Crippen molar-refractivity contribution in [2.75, 3.05) is 22.8 Å². The Kier molecular flexibility index (Phi) is 7.73. The molecule has 0 aliphatic carbocycles. The maximum atomic E-state index is 13.4. The molecule has 1 saturated heterocycles. The Morgan fingerprint density at radius 3 is 2.61 bits per heavy atom. The topological polar surface area (TPSA) is 86.3 Å². The molecule has 218 valence electrons. The van der Waals surface area contributed by atoms with Gasteiger partial charge in [-0.1, -0.05) is 11.7 Å². The molecule has 2 aromatic heterocycles. The number of amides is 1. The number of hydrogen-bond acceptors (Lipinski definition) is 7. The summed E-state index contributed by atoms with van der Waals surface area (Å²) in [5.74, 6) is 8.96. The van der Waals surface area contributed by atoms with Crippen molar-refractivity contribution in [2.24, 2.45) is 0 Å². The van der Waals surface area contributed by atoms with Gasteiger partial charge in [-0.15, -0.1) is 9.39 Å². The van der Waals surface area contributed by atoms with Gasteiger partial charge in [0.1, 0.15) is 5.82 Å². The number of carbonyl (C=O) groups is 1. The number of halogens is 3. The van der Waals surface area contributed by atoms with Crippen LogP contribution in [-0.4, -0.2) is 67.3 Å². The molecule has 0 spiro atoms. The summed E-state index contributed by atoms with van der Waals surface area (Å²) in [6.45, 7) is 5.53. The van der Waals surface area contributed by atoms with Gasteiger partial charge in [0.2, 0.25) is 5.95 Å². The highest BCUT2D eigenvalue weighted by Crippen LogP contribution is 2.34. The Morgan fingerprint density at radius 1 is 1.15 bits per heavy atom. The van der Waals surface area contributed by atoms with Crippen molar-refractivity contribution >= 4 is 44.5 Å². The molecule has 2 N–H and O–H groups in total. The SMILES string of the molecule is C=S(=C)(C)Nc1cc(C(=O)N2CC[C@H](N3Cc4cnc(Nc5ccc(C(F)(F)F)c(C)c5)nc4C3)C[C@H]2C)ccn1. The standard InChI is InChI=1S/C29H34F3N7OS/c1-18-12-22(6-7-24(18)29(30,31)32)35-28-34-15-21-16-38(17-25(21)36-28)23-9-11-39(19(2)13-23)27(40)20-8-10-33-26(14-20)37-41(3,4)5/h6-8,10,12,14-15,19,23H,3-4,9,11,13,16-17H2,1-2,5H3,(H,33,37)(H,34,35,36)/t19-,23+/m1/s1. The molecule has 5 rings (SSSR count). The van der Waals surface area contributed by atoms with E-state index in [2.05, 4.69) is 48.6 Å². The number of aromatic nitrogens is 3. The number of hydrogen-bond donors (Lipinski definition) is 2. The van der Waals surface area contributed by atoms with Crippen LogP contribution in [0.1, 0.15) is 52.5 Å². The Bertz CT molecular complexity index is 1570. The van der Waals surface area contributed by atoms with Crippen LogP contribution in [0.25, 0.3) is 0 Å². The molecular formula is C29H34F3N7OS. The van der Waals surface area contributed by atoms with Gasteiger partial charge in [-0.3, -0.25) is 9.69 Å². The molecule has 8 nitrogen and oxygen atoms in total. The van der Waals surface area contributed by atoms with Crippen LogP contribution in [-0.2, 0) is 19.3 Å². The number of pyridine rings is 1. The van der Waals surface area contributed by atoms with Gasteiger partial charge in [-0.2, -0.15) is 13.2 Å². The van der Waals surface area contributed by atoms with Crippen molar-refractivity contribution < 1.29 is 18.0 Å². The molecule has 1 amide bonds. The van der Waals surface area contributed by atoms with Gasteiger partial charge in [0.05, 0.1) is 11.3 Å². The number of nitrogens with zero attached hydrogens (tertiary/aromatic N) is 5. The minimum atomic E-state index is -4.39. The fourth-order valence-corrected chi connectivity index (χ4v) is 6.12. The highest BCUT2D eigenvalue weighted by atomic mass is 32.2. The molecule has 0 radical (unpaired) electrons. The Labute approximate surface area is 238 Å². The number of aryl methyl sites for hydroxylation is 1. The molecule has 2 aliphatic rings. The molecule has 12 heteroatoms. The highest BCUT2D eigenvalue weighted by Gasteiger charge is 2.35. The van der Waals surface area contributed by atoms with Crippen molar-refractivity contribution in [1.29, 1.82) is 0 Å². The molecule has 0 unspecified atom stereocenters. The normalized spacial score (nSPS) is 19.6. The number of fused-ring (bicyclic) bond motifs is 1. The molecule has 1 aromatic carbocycles. The van der Waals surface area contributed by atoms with Crippen LogP contribution in [0.15, 0.2) is 42.7 Å². The zero-order chi connectivity index (χ0) is 29.5. The number of nitrogens with one attached hydrogen (secondary N) is 2. The molecule has 4 heterocycles. The molecule has 41 heavy (non-hydrogen) atoms. The minimum Gasteiger partial charge on any atom is -0.336 e. The minimum absolute atomic E-state index is 0.0176. The molecule has 1 fully saturated rings. The van der Waals surface area contributed by atoms with Gasteiger partial charge in [-0.25, -0.2) is 15.0 Å². The second kappa shape index (κ2) is 11.0. The maximum absolute atomic E-state index is 13.4. The average Bonchev–Trinajstić information content (AvgIpc) is 3.30. The first-order valence-electron chi connectivity index (χ1n) is 13.3. The Balaban J connectivity index is 1.20. The van der Waals surface area contributed by atoms with Gasteiger partial charge in [0.15, 0.2) is 0 Å². The number of rotatable bonds is 6. The third kappa shape index (κ3) is 6.65. The first-order valence-corrected chi connectivity index (χ1v) is 15.7. The van der Waals surface area contributed by atoms with E-state index >= 15 is 0 Å². The van der Waals surface area contributed by atoms with E-state index in [1.54, 1.807) is 24.5 Å². The number of likely N-dealkylation sites (tertiary alicyclic amines) is 1. The first-order chi connectivity index (χ1) is 19.3. The predicted octanol–water partition coefficient (Wildman–Crippen LogP) is 5.58. The third-order valence-electron chi connectivity index (χ3n) is 7.45. The van der Waals surface area contributed by atoms with E-state index in [1.807, 2.05) is 11.2 Å². The van der Waals surface area contributed by atoms with Gasteiger partial charge >= 0.3 is 6.18 Å². The average molecular weight is 586 g/mol. The molecule has 3 aromatic rings. The summed E-state index contributed by atoms with van der Waals surface area (Å²) < 4.78 is 42.5. The summed E-state index contributed by atoms with van der Waals surface area (Å²) in [5.41, 5.74) is 2.50. The fourth-order valence-electron chi connectivity index (χ4n) is 5.50. The van der Waals surface area contributed by atoms with E-state index < -0.39 is 21.1 Å². The van der Waals surface area contributed by atoms with Gasteiger partial charge in [0.25, 0.3) is 5.91 Å². The van der Waals surface area contributed by atoms with Gasteiger partial charge in [-0.05, 0) is 68.8 Å². The summed E-state index contributed by atoms with van der Waals surface area (Å²) >= 11 is 0. The fraction of sp³-hybridized carbons (Fsp3) is 0.379. The molecule has 2 atom stereocenters. The second-order valence-corrected chi connectivity index (χ2v) is 13.8. The molecule has 2 aliphatic heterocycles. The summed E-state index contributed by atoms with van der Waals surface area (Å²) in [7, 11) is -1.52. The lowest BCUT2D eigenvalue weighted by Gasteiger charge is -2.41. The number of carbonyl (C=O) groups excluding carboxylic acids is 1. The van der Waals surface area contributed by atoms with Crippen LogP contribution in [0.4, 0.5) is 30.6 Å². The van der Waals surface area contributed by atoms with Crippen molar-refractivity contribution in [3.63, 3.8) is 0 Å². The Hall–Kier alpha value is -3.64. The third-order valence-corrected chi connectivity index (χ3v) is 8.15. The maximum Gasteiger partial charge on any atom is 0.416 e. The summed E-state index contributed by atoms with van der Waals surface area (Å²) in [6.07, 6.45) is 2.60. The predicted molar refractivity (Wildman–Crippen MR) is 160 cm³/mol. The summed E-state index contributed by atoms with van der Waals surface area (Å²) in [5, 5.41) is 3.04. The lowest BCUT2D eigenvalue weighted by atomic mass is 9.96. The van der Waals surface area contributed by atoms with E-state index in [4.69, 9.17) is 0 Å². The number of benzene rings is 1. The van der Waals surface area contributed by atoms with Gasteiger partial charge in [0, 0.05) is 60.9 Å². The van der Waals surface area contributed by atoms with Crippen molar-refractivity contribution in [2.45, 2.75) is 58.0 Å². The van der Waals surface area contributed by atoms with E-state index in [0.717, 1.165) is 36.7 Å². The van der Waals surface area contributed by atoms with E-state index in [-0.39, 0.29) is 23.6 Å². The van der Waals surface area contributed by atoms with Crippen molar-refractivity contribution in [3.05, 3.63) is 70.7 Å². The summed E-state index contributed by atoms with van der Waals surface area (Å²) in [6, 6.07) is 7.74. The largest absolute Gasteiger partial charge is 0.416 e. The lowest BCUT2D eigenvalue weighted by molar-refractivity contribution is -0.138. The van der Waals surface area contributed by atoms with Crippen molar-refractivity contribution in [3.8, 4) is 0 Å². The highest BCUT2D eigenvalue weighted by molar-refractivity contribution is 8.28. The second-order valence-electron chi connectivity index (χ2n) is 11.1. The van der Waals surface area contributed by atoms with Crippen LogP contribution in [0, 0.1) is 6.92 Å². The van der Waals surface area contributed by atoms with E-state index in [1.165, 1.54) is 19.1 Å². The number of piperidine rings is 1. The van der Waals surface area contributed by atoms with Crippen LogP contribution in [0.2, 0.25) is 0 Å². The molecule has 0 bridgehead atoms. The quantitative estimate of drug-likeness (QED) is 0.366. The zero-order valence-corrected chi connectivity index (χ0v) is 24.1. The van der Waals surface area contributed by atoms with Crippen LogP contribution >= 0.6 is 9.39 Å². The molecular weight excluding hydrogens is 551 g/mol. The Morgan fingerprint density at radius 2 is 1.93 bits per heavy atom. The zero-order valence-electron chi connectivity index (χ0n) is 23.3. The summed E-state index contributed by atoms with van der Waals surface area (Å²) in [4.78, 5) is 31.0. The van der Waals surface area contributed by atoms with Crippen molar-refractivity contribution in [1.82, 2.24) is 24.8 Å². The van der Waals surface area contributed by atoms with E-state index in [9.17, 15) is 18.0 Å². The number of alkyl halides is 3. The van der Waals surface area contributed by atoms with Crippen LogP contribution < -0.4 is 10.0 Å². The van der Waals surface area contributed by atoms with E-state index in [0.29, 0.717) is 36.1 Å². The number of anilines is 3. The monoisotopic (exact) mass is 585 g/mol. The first kappa shape index (κ1) is 28.9. The van der Waals surface area contributed by atoms with Crippen LogP contribution in [0.3, 0.4) is 0 Å². The smallest absolute Gasteiger partial charge is 0.336 e. The lowest BCUT2D eigenvalue weighted by Crippen LogP contribution is -2.50.